The molecule has 1 radical (unpaired) electrons. The van der Waals surface area contributed by atoms with Crippen molar-refractivity contribution < 1.29 is 4.92 Å². The SMILES string of the molecule is [CH2]C(C)c1cc(Br)ccc1[N+](=O)[O-]. The Morgan fingerprint density at radius 2 is 2.23 bits per heavy atom. The van der Waals surface area contributed by atoms with Crippen LogP contribution in [0.4, 0.5) is 5.69 Å². The van der Waals surface area contributed by atoms with Crippen LogP contribution in [0, 0.1) is 17.0 Å². The van der Waals surface area contributed by atoms with Crippen LogP contribution in [0.25, 0.3) is 0 Å². The molecule has 0 aromatic heterocycles. The van der Waals surface area contributed by atoms with Gasteiger partial charge >= 0.3 is 0 Å². The molecule has 0 N–H and O–H groups in total. The number of halogens is 1. The Kier molecular flexibility index (Phi) is 3.03. The Morgan fingerprint density at radius 1 is 1.62 bits per heavy atom. The lowest BCUT2D eigenvalue weighted by molar-refractivity contribution is -0.385. The van der Waals surface area contributed by atoms with E-state index >= 15 is 0 Å². The van der Waals surface area contributed by atoms with Crippen LogP contribution in [-0.4, -0.2) is 4.92 Å². The minimum atomic E-state index is -0.385. The molecule has 4 heteroatoms. The fourth-order valence-corrected chi connectivity index (χ4v) is 1.47. The quantitative estimate of drug-likeness (QED) is 0.590. The van der Waals surface area contributed by atoms with Crippen LogP contribution in [0.3, 0.4) is 0 Å². The predicted molar refractivity (Wildman–Crippen MR) is 54.6 cm³/mol. The number of nitrogens with zero attached hydrogens (tertiary/aromatic N) is 1. The van der Waals surface area contributed by atoms with Crippen molar-refractivity contribution in [1.29, 1.82) is 0 Å². The van der Waals surface area contributed by atoms with Gasteiger partial charge in [-0.05, 0) is 25.0 Å². The zero-order valence-electron chi connectivity index (χ0n) is 7.16. The van der Waals surface area contributed by atoms with Gasteiger partial charge < -0.3 is 0 Å². The maximum absolute atomic E-state index is 10.6. The molecule has 69 valence electrons. The maximum atomic E-state index is 10.6. The topological polar surface area (TPSA) is 43.1 Å². The van der Waals surface area contributed by atoms with Gasteiger partial charge in [-0.2, -0.15) is 0 Å². The first-order chi connectivity index (χ1) is 6.02. The van der Waals surface area contributed by atoms with Gasteiger partial charge in [0, 0.05) is 16.1 Å². The minimum Gasteiger partial charge on any atom is -0.258 e. The Balaban J connectivity index is 3.26. The summed E-state index contributed by atoms with van der Waals surface area (Å²) in [6, 6.07) is 4.88. The molecule has 1 atom stereocenters. The van der Waals surface area contributed by atoms with Gasteiger partial charge in [0.2, 0.25) is 0 Å². The van der Waals surface area contributed by atoms with E-state index in [0.717, 1.165) is 4.47 Å². The fourth-order valence-electron chi connectivity index (χ4n) is 1.09. The van der Waals surface area contributed by atoms with Crippen molar-refractivity contribution in [2.45, 2.75) is 12.8 Å². The first-order valence-electron chi connectivity index (χ1n) is 3.79. The van der Waals surface area contributed by atoms with Gasteiger partial charge in [-0.1, -0.05) is 22.9 Å². The molecule has 1 rings (SSSR count). The van der Waals surface area contributed by atoms with Crippen LogP contribution in [0.2, 0.25) is 0 Å². The van der Waals surface area contributed by atoms with E-state index in [1.54, 1.807) is 12.1 Å². The van der Waals surface area contributed by atoms with E-state index in [0.29, 0.717) is 5.56 Å². The van der Waals surface area contributed by atoms with Crippen LogP contribution in [0.15, 0.2) is 22.7 Å². The van der Waals surface area contributed by atoms with Gasteiger partial charge in [0.05, 0.1) is 4.92 Å². The highest BCUT2D eigenvalue weighted by molar-refractivity contribution is 9.10. The first-order valence-corrected chi connectivity index (χ1v) is 4.58. The van der Waals surface area contributed by atoms with Crippen LogP contribution < -0.4 is 0 Å². The van der Waals surface area contributed by atoms with E-state index < -0.39 is 0 Å². The Hall–Kier alpha value is -0.900. The molecule has 0 heterocycles. The molecule has 1 aromatic carbocycles. The monoisotopic (exact) mass is 242 g/mol. The highest BCUT2D eigenvalue weighted by atomic mass is 79.9. The van der Waals surface area contributed by atoms with Gasteiger partial charge in [0.15, 0.2) is 0 Å². The maximum Gasteiger partial charge on any atom is 0.272 e. The zero-order chi connectivity index (χ0) is 10.0. The third-order valence-corrected chi connectivity index (χ3v) is 2.21. The number of hydrogen-bond acceptors (Lipinski definition) is 2. The summed E-state index contributed by atoms with van der Waals surface area (Å²) in [7, 11) is 0. The van der Waals surface area contributed by atoms with Crippen LogP contribution in [0.1, 0.15) is 18.4 Å². The molecule has 0 bridgehead atoms. The number of hydrogen-bond donors (Lipinski definition) is 0. The second kappa shape index (κ2) is 3.87. The van der Waals surface area contributed by atoms with Crippen LogP contribution in [-0.2, 0) is 0 Å². The second-order valence-corrected chi connectivity index (χ2v) is 3.78. The Morgan fingerprint density at radius 3 is 2.69 bits per heavy atom. The fraction of sp³-hybridized carbons (Fsp3) is 0.222. The summed E-state index contributed by atoms with van der Waals surface area (Å²) < 4.78 is 0.837. The highest BCUT2D eigenvalue weighted by Crippen LogP contribution is 2.28. The summed E-state index contributed by atoms with van der Waals surface area (Å²) >= 11 is 3.26. The third kappa shape index (κ3) is 2.28. The van der Waals surface area contributed by atoms with Gasteiger partial charge in [0.25, 0.3) is 5.69 Å². The molecule has 0 spiro atoms. The molecule has 13 heavy (non-hydrogen) atoms. The Labute approximate surface area is 85.0 Å². The van der Waals surface area contributed by atoms with Crippen molar-refractivity contribution in [3.8, 4) is 0 Å². The van der Waals surface area contributed by atoms with Gasteiger partial charge in [-0.25, -0.2) is 0 Å². The van der Waals surface area contributed by atoms with Gasteiger partial charge in [0.1, 0.15) is 0 Å². The highest BCUT2D eigenvalue weighted by Gasteiger charge is 2.15. The summed E-state index contributed by atoms with van der Waals surface area (Å²) in [5.74, 6) is -0.0853. The van der Waals surface area contributed by atoms with Crippen molar-refractivity contribution in [1.82, 2.24) is 0 Å². The first kappa shape index (κ1) is 10.2. The number of benzene rings is 1. The largest absolute Gasteiger partial charge is 0.272 e. The summed E-state index contributed by atoms with van der Waals surface area (Å²) in [5, 5.41) is 10.6. The van der Waals surface area contributed by atoms with Gasteiger partial charge in [-0.15, -0.1) is 0 Å². The van der Waals surface area contributed by atoms with E-state index in [4.69, 9.17) is 0 Å². The molecule has 0 aliphatic carbocycles. The molecule has 0 saturated heterocycles. The summed E-state index contributed by atoms with van der Waals surface area (Å²) in [6.45, 7) is 5.60. The molecular formula is C9H9BrNO2. The minimum absolute atomic E-state index is 0.0853. The van der Waals surface area contributed by atoms with Crippen LogP contribution >= 0.6 is 15.9 Å². The molecule has 1 aromatic rings. The lowest BCUT2D eigenvalue weighted by atomic mass is 10.0. The number of nitro benzene ring substituents is 1. The molecule has 1 unspecified atom stereocenters. The third-order valence-electron chi connectivity index (χ3n) is 1.72. The molecule has 0 amide bonds. The van der Waals surface area contributed by atoms with Crippen molar-refractivity contribution in [3.05, 3.63) is 45.3 Å². The molecular weight excluding hydrogens is 234 g/mol. The lowest BCUT2D eigenvalue weighted by Gasteiger charge is -2.05. The summed E-state index contributed by atoms with van der Waals surface area (Å²) in [5.41, 5.74) is 0.782. The predicted octanol–water partition coefficient (Wildman–Crippen LogP) is 3.29. The van der Waals surface area contributed by atoms with E-state index in [1.807, 2.05) is 6.92 Å². The number of rotatable bonds is 2. The van der Waals surface area contributed by atoms with Crippen molar-refractivity contribution >= 4 is 21.6 Å². The standard InChI is InChI=1S/C9H9BrNO2/c1-6(2)8-5-7(10)3-4-9(8)11(12)13/h3-6H,1H2,2H3. The molecule has 3 nitrogen and oxygen atoms in total. The van der Waals surface area contributed by atoms with E-state index in [9.17, 15) is 10.1 Å². The molecule has 0 fully saturated rings. The normalized spacial score (nSPS) is 10.5. The Bertz CT molecular complexity index is 336. The lowest BCUT2D eigenvalue weighted by Crippen LogP contribution is -1.97. The number of nitro groups is 1. The second-order valence-electron chi connectivity index (χ2n) is 2.86. The average molecular weight is 243 g/mol. The van der Waals surface area contributed by atoms with E-state index in [2.05, 4.69) is 22.9 Å². The van der Waals surface area contributed by atoms with Crippen molar-refractivity contribution in [2.24, 2.45) is 0 Å². The summed E-state index contributed by atoms with van der Waals surface area (Å²) in [6.07, 6.45) is 0. The molecule has 0 aliphatic rings. The van der Waals surface area contributed by atoms with Gasteiger partial charge in [-0.3, -0.25) is 10.1 Å². The smallest absolute Gasteiger partial charge is 0.258 e. The molecule has 0 saturated carbocycles. The summed E-state index contributed by atoms with van der Waals surface area (Å²) in [4.78, 5) is 10.2. The van der Waals surface area contributed by atoms with E-state index in [-0.39, 0.29) is 16.5 Å². The zero-order valence-corrected chi connectivity index (χ0v) is 8.74. The van der Waals surface area contributed by atoms with Crippen molar-refractivity contribution in [2.75, 3.05) is 0 Å². The average Bonchev–Trinajstić information content (AvgIpc) is 2.03. The van der Waals surface area contributed by atoms with Crippen molar-refractivity contribution in [3.63, 3.8) is 0 Å². The van der Waals surface area contributed by atoms with E-state index in [1.165, 1.54) is 6.07 Å². The van der Waals surface area contributed by atoms with Crippen LogP contribution in [0.5, 0.6) is 0 Å². The molecule has 0 aliphatic heterocycles.